The quantitative estimate of drug-likeness (QED) is 0.848. The van der Waals surface area contributed by atoms with E-state index in [0.29, 0.717) is 32.6 Å². The Morgan fingerprint density at radius 3 is 2.85 bits per heavy atom. The van der Waals surface area contributed by atoms with Crippen molar-refractivity contribution in [3.63, 3.8) is 0 Å². The molecule has 1 aliphatic rings. The Balaban J connectivity index is 1.70. The van der Waals surface area contributed by atoms with Gasteiger partial charge in [0, 0.05) is 30.6 Å². The summed E-state index contributed by atoms with van der Waals surface area (Å²) >= 11 is 1.65. The van der Waals surface area contributed by atoms with Crippen LogP contribution in [0.25, 0.3) is 0 Å². The summed E-state index contributed by atoms with van der Waals surface area (Å²) in [6.45, 7) is 6.23. The molecule has 7 heteroatoms. The van der Waals surface area contributed by atoms with E-state index in [4.69, 9.17) is 0 Å². The van der Waals surface area contributed by atoms with Crippen molar-refractivity contribution in [2.75, 3.05) is 13.1 Å². The van der Waals surface area contributed by atoms with Gasteiger partial charge in [-0.2, -0.15) is 0 Å². The van der Waals surface area contributed by atoms with Crippen LogP contribution in [0.4, 0.5) is 4.79 Å². The first kappa shape index (κ1) is 18.4. The van der Waals surface area contributed by atoms with E-state index in [0.717, 1.165) is 10.6 Å². The first-order chi connectivity index (χ1) is 12.6. The van der Waals surface area contributed by atoms with Crippen LogP contribution in [-0.4, -0.2) is 45.9 Å². The summed E-state index contributed by atoms with van der Waals surface area (Å²) in [4.78, 5) is 33.9. The summed E-state index contributed by atoms with van der Waals surface area (Å²) in [5.74, 6) is 0.100. The highest BCUT2D eigenvalue weighted by atomic mass is 32.1. The molecule has 0 saturated carbocycles. The van der Waals surface area contributed by atoms with E-state index in [-0.39, 0.29) is 18.0 Å². The molecule has 0 radical (unpaired) electrons. The highest BCUT2D eigenvalue weighted by molar-refractivity contribution is 7.10. The van der Waals surface area contributed by atoms with Gasteiger partial charge < -0.3 is 15.1 Å². The second-order valence-electron chi connectivity index (χ2n) is 6.49. The van der Waals surface area contributed by atoms with Crippen molar-refractivity contribution in [3.05, 3.63) is 52.0 Å². The number of rotatable bonds is 6. The highest BCUT2D eigenvalue weighted by Crippen LogP contribution is 2.19. The summed E-state index contributed by atoms with van der Waals surface area (Å²) in [5, 5.41) is 5.07. The van der Waals surface area contributed by atoms with Crippen LogP contribution >= 0.6 is 11.3 Å². The molecule has 0 unspecified atom stereocenters. The minimum Gasteiger partial charge on any atom is -0.341 e. The monoisotopic (exact) mass is 372 g/mol. The molecule has 1 fully saturated rings. The number of likely N-dealkylation sites (tertiary alicyclic amines) is 1. The molecular formula is C19H24N4O2S. The highest BCUT2D eigenvalue weighted by Gasteiger charge is 2.30. The first-order valence-corrected chi connectivity index (χ1v) is 9.71. The normalized spacial score (nSPS) is 16.8. The molecule has 138 valence electrons. The maximum absolute atomic E-state index is 12.9. The topological polar surface area (TPSA) is 65.5 Å². The number of hydrogen-bond donors (Lipinski definition) is 1. The van der Waals surface area contributed by atoms with Crippen molar-refractivity contribution in [2.45, 2.75) is 39.4 Å². The molecule has 2 aromatic rings. The van der Waals surface area contributed by atoms with Gasteiger partial charge >= 0.3 is 6.03 Å². The van der Waals surface area contributed by atoms with E-state index in [1.807, 2.05) is 30.5 Å². The average Bonchev–Trinajstić information content (AvgIpc) is 3.20. The molecule has 0 bridgehead atoms. The van der Waals surface area contributed by atoms with Crippen molar-refractivity contribution < 1.29 is 9.59 Å². The lowest BCUT2D eigenvalue weighted by Crippen LogP contribution is -2.45. The van der Waals surface area contributed by atoms with Crippen LogP contribution in [0.1, 0.15) is 29.5 Å². The second-order valence-corrected chi connectivity index (χ2v) is 7.49. The van der Waals surface area contributed by atoms with Gasteiger partial charge in [0.15, 0.2) is 0 Å². The summed E-state index contributed by atoms with van der Waals surface area (Å²) in [5.41, 5.74) is 2.02. The standard InChI is InChI=1S/C19H24N4O2S/c1-3-22-12-16(10-18(22)24)21-19(25)23(11-15-6-4-5-8-20-15)13-17-14(2)7-9-26-17/h4-9,16H,3,10-13H2,1-2H3,(H,21,25)/t16-/m0/s1. The largest absolute Gasteiger partial charge is 0.341 e. The van der Waals surface area contributed by atoms with E-state index in [2.05, 4.69) is 23.3 Å². The van der Waals surface area contributed by atoms with Crippen LogP contribution in [0.2, 0.25) is 0 Å². The molecule has 3 amide bonds. The fourth-order valence-electron chi connectivity index (χ4n) is 3.07. The number of aryl methyl sites for hydroxylation is 1. The Labute approximate surface area is 157 Å². The SMILES string of the molecule is CCN1C[C@@H](NC(=O)N(Cc2ccccn2)Cc2sccc2C)CC1=O. The van der Waals surface area contributed by atoms with Gasteiger partial charge in [0.2, 0.25) is 5.91 Å². The lowest BCUT2D eigenvalue weighted by atomic mass is 10.2. The molecule has 1 atom stereocenters. The molecule has 0 spiro atoms. The zero-order chi connectivity index (χ0) is 18.5. The fraction of sp³-hybridized carbons (Fsp3) is 0.421. The van der Waals surface area contributed by atoms with Crippen molar-refractivity contribution >= 4 is 23.3 Å². The van der Waals surface area contributed by atoms with Crippen molar-refractivity contribution in [3.8, 4) is 0 Å². The molecule has 1 aliphatic heterocycles. The van der Waals surface area contributed by atoms with Gasteiger partial charge in [-0.1, -0.05) is 6.07 Å². The van der Waals surface area contributed by atoms with Crippen LogP contribution < -0.4 is 5.32 Å². The number of hydrogen-bond acceptors (Lipinski definition) is 4. The molecule has 1 N–H and O–H groups in total. The number of aromatic nitrogens is 1. The maximum Gasteiger partial charge on any atom is 0.318 e. The van der Waals surface area contributed by atoms with Gasteiger partial charge in [0.05, 0.1) is 24.8 Å². The third-order valence-corrected chi connectivity index (χ3v) is 5.60. The molecule has 3 rings (SSSR count). The number of urea groups is 1. The number of nitrogens with one attached hydrogen (secondary N) is 1. The number of carbonyl (C=O) groups excluding carboxylic acids is 2. The number of amides is 3. The molecular weight excluding hydrogens is 348 g/mol. The average molecular weight is 372 g/mol. The van der Waals surface area contributed by atoms with Crippen molar-refractivity contribution in [1.29, 1.82) is 0 Å². The number of carbonyl (C=O) groups is 2. The smallest absolute Gasteiger partial charge is 0.318 e. The second kappa shape index (κ2) is 8.31. The van der Waals surface area contributed by atoms with Gasteiger partial charge in [-0.05, 0) is 43.0 Å². The number of likely N-dealkylation sites (N-methyl/N-ethyl adjacent to an activating group) is 1. The molecule has 6 nitrogen and oxygen atoms in total. The lowest BCUT2D eigenvalue weighted by Gasteiger charge is -2.25. The van der Waals surface area contributed by atoms with E-state index in [1.165, 1.54) is 5.56 Å². The number of pyridine rings is 1. The summed E-state index contributed by atoms with van der Waals surface area (Å²) < 4.78 is 0. The van der Waals surface area contributed by atoms with E-state index in [1.54, 1.807) is 27.3 Å². The maximum atomic E-state index is 12.9. The third kappa shape index (κ3) is 4.40. The van der Waals surface area contributed by atoms with Crippen LogP contribution in [0, 0.1) is 6.92 Å². The Morgan fingerprint density at radius 2 is 2.23 bits per heavy atom. The van der Waals surface area contributed by atoms with Crippen molar-refractivity contribution in [2.24, 2.45) is 0 Å². The minimum atomic E-state index is -0.154. The Bertz CT molecular complexity index is 762. The van der Waals surface area contributed by atoms with Gasteiger partial charge in [-0.15, -0.1) is 11.3 Å². The predicted molar refractivity (Wildman–Crippen MR) is 102 cm³/mol. The Morgan fingerprint density at radius 1 is 1.38 bits per heavy atom. The van der Waals surface area contributed by atoms with Gasteiger partial charge in [0.1, 0.15) is 0 Å². The van der Waals surface area contributed by atoms with Gasteiger partial charge in [0.25, 0.3) is 0 Å². The predicted octanol–water partition coefficient (Wildman–Crippen LogP) is 2.78. The Kier molecular flexibility index (Phi) is 5.88. The van der Waals surface area contributed by atoms with Gasteiger partial charge in [-0.3, -0.25) is 9.78 Å². The van der Waals surface area contributed by atoms with Gasteiger partial charge in [-0.25, -0.2) is 4.79 Å². The lowest BCUT2D eigenvalue weighted by molar-refractivity contribution is -0.127. The summed E-state index contributed by atoms with van der Waals surface area (Å²) in [6, 6.07) is 7.47. The first-order valence-electron chi connectivity index (χ1n) is 8.83. The summed E-state index contributed by atoms with van der Waals surface area (Å²) in [7, 11) is 0. The number of nitrogens with zero attached hydrogens (tertiary/aromatic N) is 3. The minimum absolute atomic E-state index is 0.100. The number of thiophene rings is 1. The zero-order valence-electron chi connectivity index (χ0n) is 15.1. The zero-order valence-corrected chi connectivity index (χ0v) is 16.0. The van der Waals surface area contributed by atoms with Crippen LogP contribution in [0.15, 0.2) is 35.8 Å². The van der Waals surface area contributed by atoms with Crippen LogP contribution in [0.3, 0.4) is 0 Å². The fourth-order valence-corrected chi connectivity index (χ4v) is 3.99. The molecule has 26 heavy (non-hydrogen) atoms. The van der Waals surface area contributed by atoms with Crippen LogP contribution in [0.5, 0.6) is 0 Å². The molecule has 1 saturated heterocycles. The molecule has 0 aromatic carbocycles. The van der Waals surface area contributed by atoms with E-state index >= 15 is 0 Å². The molecule has 3 heterocycles. The van der Waals surface area contributed by atoms with Crippen LogP contribution in [-0.2, 0) is 17.9 Å². The van der Waals surface area contributed by atoms with E-state index in [9.17, 15) is 9.59 Å². The van der Waals surface area contributed by atoms with Crippen molar-refractivity contribution in [1.82, 2.24) is 20.1 Å². The summed E-state index contributed by atoms with van der Waals surface area (Å²) in [6.07, 6.45) is 2.10. The Hall–Kier alpha value is -2.41. The molecule has 2 aromatic heterocycles. The van der Waals surface area contributed by atoms with E-state index < -0.39 is 0 Å². The molecule has 0 aliphatic carbocycles. The third-order valence-electron chi connectivity index (χ3n) is 4.59.